The SMILES string of the molecule is [B][B]B([B])B(B([B])[B])B(B(B(B([B])[B])B([B])[B])B(B([B])[B])B([B])[B])B(B(B(B([B])[B])B([B])[B])B(B([B])[B])B([B])[B])P(B(B(B(B([B])[B])B([B])[B])B(B([B])[B])B([B])[B])B(B(B([B])[B])B([B])[B])B(B([B])[B])B([B])[B])B(B(B(B([B])[B])B([B])[B])B(B([B])[B])B([B])[B])B(B(B([B])[B])B([B])[B])B(B([B])[B])B([B])[B].c1ccc(-c2cc(-c3ccc(-n4c5ccccc5c5ccccc54)cc3)cc(-c3ccccc3)n2)cc1. The Morgan fingerprint density at radius 3 is 0.571 bits per heavy atom. The van der Waals surface area contributed by atoms with E-state index in [-0.39, 0.29) is 0 Å². The van der Waals surface area contributed by atoms with Gasteiger partial charge in [0.25, 0.3) is 0 Å². The van der Waals surface area contributed by atoms with Crippen LogP contribution in [-0.2, 0) is 0 Å². The molecule has 485 valence electrons. The number of pyridine rings is 1. The lowest BCUT2D eigenvalue weighted by Crippen LogP contribution is -2.94. The van der Waals surface area contributed by atoms with Crippen LogP contribution in [0.1, 0.15) is 0 Å². The van der Waals surface area contributed by atoms with Crippen LogP contribution in [0.4, 0.5) is 0 Å². The first kappa shape index (κ1) is 131. The van der Waals surface area contributed by atoms with Gasteiger partial charge in [-0.05, 0) is 47.5 Å². The van der Waals surface area contributed by atoms with Gasteiger partial charge in [0.05, 0.1) is 41.1 Å². The number of fused-ring (bicyclic) bond motifs is 3. The third kappa shape index (κ3) is 32.7. The highest BCUT2D eigenvalue weighted by Crippen LogP contribution is 2.54. The van der Waals surface area contributed by atoms with E-state index in [0.717, 1.165) is 40.8 Å². The van der Waals surface area contributed by atoms with Crippen molar-refractivity contribution < 1.29 is 0 Å². The first-order valence-corrected chi connectivity index (χ1v) is 47.9. The molecule has 0 N–H and O–H groups in total. The van der Waals surface area contributed by atoms with Gasteiger partial charge in [0.15, 0.2) is 0 Å². The standard InChI is InChI=1S/C35H24N2.B102P/c1-3-11-26(12-4-1)32-23-28(24-33(36-32)27-13-5-2-6-14-27)25-19-21-29(22-20-25)37-34-17-9-7-15-30(34)31-16-8-10-18-35(31)37;1-53-79(52)92(78(50)51)99(93(80(54(2)3)55(4)5)81(56(6)7)57(8)9)102(98(90(74(42)43)75(44)45)91(76(46)47)77(48)49)103(100(94(82(58(10)11)59(12)13)83(60(14)15)61(16)17)95(84(62(18)19)63(20)21)85(64(22)23)65(24)25)101(96(86(66(26)27)67(28)29)87(68(30)31)69(32)33)97(88(70(34)35)71(36)37)89(72(38)39)73(40)41/h1-24H;. The Bertz CT molecular complexity index is 4180. The maximum absolute atomic E-state index is 7.49. The number of aromatic nitrogens is 2. The van der Waals surface area contributed by atoms with E-state index in [1.54, 1.807) is 0 Å². The van der Waals surface area contributed by atoms with Crippen molar-refractivity contribution in [2.24, 2.45) is 0 Å². The number of nitrogens with zero attached hydrogens (tertiary/aromatic N) is 2. The molecule has 7 aromatic rings. The second-order valence-corrected chi connectivity index (χ2v) is 40.6. The molecule has 105 radical (unpaired) electrons. The van der Waals surface area contributed by atoms with Crippen LogP contribution in [0.2, 0.25) is 0 Å². The van der Waals surface area contributed by atoms with Crippen LogP contribution in [0.15, 0.2) is 146 Å². The van der Waals surface area contributed by atoms with Gasteiger partial charge < -0.3 is 4.57 Å². The molecule has 7 rings (SSSR count). The molecular weight excluding hydrogens is 1580 g/mol. The molecule has 0 aliphatic heterocycles. The van der Waals surface area contributed by atoms with Crippen LogP contribution in [0.3, 0.4) is 0 Å². The molecule has 0 amide bonds. The summed E-state index contributed by atoms with van der Waals surface area (Å²) >= 11 is 0. The first-order valence-electron chi connectivity index (χ1n) is 46.3. The molecule has 5 aromatic carbocycles. The van der Waals surface area contributed by atoms with Crippen LogP contribution in [0, 0.1) is 0 Å². The van der Waals surface area contributed by atoms with E-state index in [4.69, 9.17) is 407 Å². The average Bonchev–Trinajstić information content (AvgIpc) is 0.857. The summed E-state index contributed by atoms with van der Waals surface area (Å²) in [5.41, 5.74) is 10.1. The number of benzene rings is 5. The summed E-state index contributed by atoms with van der Waals surface area (Å²) in [5, 5.41) is 2.55. The Balaban J connectivity index is 0.000000658. The average molecular weight is 1610 g/mol. The molecular formula is C35H24B102N2P. The Kier molecular flexibility index (Phi) is 56.4. The van der Waals surface area contributed by atoms with E-state index >= 15 is 0 Å². The van der Waals surface area contributed by atoms with Crippen LogP contribution < -0.4 is 0 Å². The van der Waals surface area contributed by atoms with E-state index in [0.29, 0.717) is 0 Å². The van der Waals surface area contributed by atoms with E-state index in [2.05, 4.69) is 138 Å². The topological polar surface area (TPSA) is 17.8 Å². The van der Waals surface area contributed by atoms with E-state index in [9.17, 15) is 0 Å². The molecule has 2 nitrogen and oxygen atoms in total. The molecule has 2 heterocycles. The molecule has 2 aromatic heterocycles. The van der Waals surface area contributed by atoms with Crippen molar-refractivity contribution in [1.29, 1.82) is 0 Å². The van der Waals surface area contributed by atoms with Crippen LogP contribution in [0.5, 0.6) is 0 Å². The monoisotopic (exact) mass is 1630 g/mol. The van der Waals surface area contributed by atoms with Gasteiger partial charge in [0.1, 0.15) is 0 Å². The molecule has 0 saturated heterocycles. The third-order valence-electron chi connectivity index (χ3n) is 28.4. The van der Waals surface area contributed by atoms with Crippen molar-refractivity contribution in [3.05, 3.63) is 146 Å². The van der Waals surface area contributed by atoms with Crippen molar-refractivity contribution >= 4 is 751 Å². The zero-order chi connectivity index (χ0) is 106. The number of para-hydroxylation sites is 2. The van der Waals surface area contributed by atoms with Gasteiger partial charge in [-0.1, -0.05) is 109 Å². The number of hydrogen-bond donors (Lipinski definition) is 0. The lowest BCUT2D eigenvalue weighted by molar-refractivity contribution is 1.18. The summed E-state index contributed by atoms with van der Waals surface area (Å²) in [6.07, 6.45) is -92.9. The summed E-state index contributed by atoms with van der Waals surface area (Å²) in [5.74, 6) is 0. The summed E-state index contributed by atoms with van der Waals surface area (Å²) in [6, 6.07) is 51.3. The van der Waals surface area contributed by atoms with E-state index in [1.807, 2.05) is 12.1 Å². The molecule has 0 unspecified atom stereocenters. The highest BCUT2D eigenvalue weighted by Gasteiger charge is 2.69. The van der Waals surface area contributed by atoms with E-state index < -0.39 is 320 Å². The highest BCUT2D eigenvalue weighted by atomic mass is 31.1. The lowest BCUT2D eigenvalue weighted by atomic mass is 8.32. The Morgan fingerprint density at radius 2 is 0.371 bits per heavy atom. The fourth-order valence-corrected chi connectivity index (χ4v) is 28.9. The smallest absolute Gasteiger partial charge is 0.0715 e. The molecule has 0 bridgehead atoms. The quantitative estimate of drug-likeness (QED) is 0.0274. The summed E-state index contributed by atoms with van der Waals surface area (Å²) in [7, 11) is 369. The van der Waals surface area contributed by atoms with Crippen molar-refractivity contribution in [3.63, 3.8) is 0 Å². The molecule has 0 atom stereocenters. The zero-order valence-corrected chi connectivity index (χ0v) is 80.5. The molecule has 0 fully saturated rings. The molecule has 0 aliphatic carbocycles. The van der Waals surface area contributed by atoms with Gasteiger partial charge in [-0.3, -0.25) is 7.56 Å². The van der Waals surface area contributed by atoms with Gasteiger partial charge in [-0.25, -0.2) is 4.98 Å². The van der Waals surface area contributed by atoms with Gasteiger partial charge in [-0.2, -0.15) is 0 Å². The van der Waals surface area contributed by atoms with Gasteiger partial charge in [0.2, 0.25) is 0 Å². The molecule has 0 spiro atoms. The largest absolute Gasteiger partial charge is 0.309 e. The minimum Gasteiger partial charge on any atom is -0.309 e. The normalized spacial score (nSPS) is 10.3. The third-order valence-corrected chi connectivity index (χ3v) is 32.5. The maximum atomic E-state index is 7.49. The predicted molar refractivity (Wildman–Crippen MR) is 749 cm³/mol. The molecule has 140 heavy (non-hydrogen) atoms. The predicted octanol–water partition coefficient (Wildman–Crippen LogP) is -28.8. The second kappa shape index (κ2) is 60.4. The molecule has 0 aliphatic rings. The zero-order valence-electron chi connectivity index (χ0n) is 79.6. The van der Waals surface area contributed by atoms with Crippen LogP contribution >= 0.6 is 7.56 Å². The second-order valence-electron chi connectivity index (χ2n) is 37.9. The van der Waals surface area contributed by atoms with Gasteiger partial charge in [0, 0.05) is 731 Å². The van der Waals surface area contributed by atoms with Crippen LogP contribution in [0.25, 0.3) is 61.1 Å². The number of hydrogen-bond acceptors (Lipinski definition) is 1. The molecule has 0 saturated carbocycles. The minimum atomic E-state index is -3.82. The lowest BCUT2D eigenvalue weighted by Gasteiger charge is -2.64. The summed E-state index contributed by atoms with van der Waals surface area (Å²) < 4.78 is 2.35. The Hall–Kier alpha value is 2.10. The Labute approximate surface area is 936 Å². The minimum absolute atomic E-state index is 0.965. The Morgan fingerprint density at radius 1 is 0.186 bits per heavy atom. The van der Waals surface area contributed by atoms with Crippen molar-refractivity contribution in [1.82, 2.24) is 9.55 Å². The van der Waals surface area contributed by atoms with Crippen molar-refractivity contribution in [2.75, 3.05) is 0 Å². The van der Waals surface area contributed by atoms with Crippen LogP contribution in [-0.4, -0.2) is 731 Å². The van der Waals surface area contributed by atoms with Gasteiger partial charge >= 0.3 is 0 Å². The number of rotatable bonds is 54. The van der Waals surface area contributed by atoms with E-state index in [1.165, 1.54) is 27.4 Å². The summed E-state index contributed by atoms with van der Waals surface area (Å²) in [4.78, 5) is 5.02. The fraction of sp³-hybridized carbons (Fsp3) is 0. The summed E-state index contributed by atoms with van der Waals surface area (Å²) in [6.45, 7) is 0. The van der Waals surface area contributed by atoms with Crippen molar-refractivity contribution in [2.45, 2.75) is 0 Å². The maximum Gasteiger partial charge on any atom is 0.0715 e. The van der Waals surface area contributed by atoms with Gasteiger partial charge in [-0.15, -0.1) is 0 Å². The van der Waals surface area contributed by atoms with Crippen molar-refractivity contribution in [3.8, 4) is 39.3 Å². The fourth-order valence-electron chi connectivity index (χ4n) is 23.0. The highest BCUT2D eigenvalue weighted by molar-refractivity contribution is 8.65. The molecule has 105 heteroatoms. The first-order chi connectivity index (χ1) is 65.2.